The highest BCUT2D eigenvalue weighted by atomic mass is 35.5. The molecule has 4 N–H and O–H groups in total. The van der Waals surface area contributed by atoms with Gasteiger partial charge in [-0.3, -0.25) is 9.59 Å². The first-order chi connectivity index (χ1) is 9.31. The quantitative estimate of drug-likeness (QED) is 0.750. The lowest BCUT2D eigenvalue weighted by Gasteiger charge is -2.18. The molecule has 0 bridgehead atoms. The monoisotopic (exact) mass is 318 g/mol. The van der Waals surface area contributed by atoms with Gasteiger partial charge in [0.25, 0.3) is 0 Å². The van der Waals surface area contributed by atoms with Gasteiger partial charge in [0.1, 0.15) is 0 Å². The van der Waals surface area contributed by atoms with E-state index in [0.29, 0.717) is 10.0 Å². The molecule has 20 heavy (non-hydrogen) atoms. The number of halogens is 2. The Kier molecular flexibility index (Phi) is 6.26. The van der Waals surface area contributed by atoms with Gasteiger partial charge in [0.15, 0.2) is 0 Å². The molecule has 0 heterocycles. The molecular formula is C13H16Cl2N2O3. The number of carbonyl (C=O) groups is 2. The normalized spacial score (nSPS) is 13.6. The number of amides is 1. The molecule has 2 atom stereocenters. The third kappa shape index (κ3) is 5.00. The number of carboxylic acid groups (broad SMARTS) is 1. The zero-order valence-corrected chi connectivity index (χ0v) is 12.4. The summed E-state index contributed by atoms with van der Waals surface area (Å²) in [6.07, 6.45) is -0.0506. The lowest BCUT2D eigenvalue weighted by molar-refractivity contribution is -0.137. The van der Waals surface area contributed by atoms with E-state index in [1.165, 1.54) is 0 Å². The highest BCUT2D eigenvalue weighted by Gasteiger charge is 2.18. The molecule has 0 spiro atoms. The molecule has 0 aliphatic rings. The molecule has 0 radical (unpaired) electrons. The van der Waals surface area contributed by atoms with Crippen LogP contribution < -0.4 is 11.1 Å². The van der Waals surface area contributed by atoms with Crippen LogP contribution in [0.1, 0.15) is 31.4 Å². The van der Waals surface area contributed by atoms with E-state index in [9.17, 15) is 9.59 Å². The van der Waals surface area contributed by atoms with Gasteiger partial charge < -0.3 is 16.2 Å². The number of nitrogens with two attached hydrogens (primary N) is 1. The Morgan fingerprint density at radius 3 is 2.55 bits per heavy atom. The van der Waals surface area contributed by atoms with Crippen molar-refractivity contribution in [2.75, 3.05) is 0 Å². The minimum Gasteiger partial charge on any atom is -0.481 e. The minimum absolute atomic E-state index is 0.0925. The summed E-state index contributed by atoms with van der Waals surface area (Å²) in [6.45, 7) is 1.78. The molecule has 0 aromatic heterocycles. The van der Waals surface area contributed by atoms with E-state index in [0.717, 1.165) is 5.56 Å². The van der Waals surface area contributed by atoms with E-state index in [4.69, 9.17) is 34.0 Å². The summed E-state index contributed by atoms with van der Waals surface area (Å²) in [6, 6.07) is 3.91. The van der Waals surface area contributed by atoms with Crippen molar-refractivity contribution in [3.05, 3.63) is 33.8 Å². The van der Waals surface area contributed by atoms with Crippen LogP contribution in [0.5, 0.6) is 0 Å². The summed E-state index contributed by atoms with van der Waals surface area (Å²) in [5.74, 6) is -1.38. The fourth-order valence-electron chi connectivity index (χ4n) is 1.60. The van der Waals surface area contributed by atoms with Crippen molar-refractivity contribution in [3.63, 3.8) is 0 Å². The molecule has 0 aliphatic carbocycles. The Labute approximate surface area is 127 Å². The van der Waals surface area contributed by atoms with Gasteiger partial charge in [-0.1, -0.05) is 29.3 Å². The Bertz CT molecular complexity index is 508. The number of nitrogens with one attached hydrogen (secondary N) is 1. The molecule has 1 rings (SSSR count). The second-order valence-corrected chi connectivity index (χ2v) is 5.26. The summed E-state index contributed by atoms with van der Waals surface area (Å²) >= 11 is 11.7. The van der Waals surface area contributed by atoms with Crippen molar-refractivity contribution in [1.29, 1.82) is 0 Å². The van der Waals surface area contributed by atoms with Gasteiger partial charge >= 0.3 is 5.97 Å². The number of aliphatic carboxylic acids is 1. The van der Waals surface area contributed by atoms with Crippen molar-refractivity contribution in [3.8, 4) is 0 Å². The number of rotatable bonds is 6. The first-order valence-electron chi connectivity index (χ1n) is 6.04. The summed E-state index contributed by atoms with van der Waals surface area (Å²) in [5, 5.41) is 12.1. The van der Waals surface area contributed by atoms with Gasteiger partial charge in [0, 0.05) is 6.42 Å². The van der Waals surface area contributed by atoms with Crippen LogP contribution in [0.4, 0.5) is 0 Å². The first kappa shape index (κ1) is 16.8. The number of benzene rings is 1. The molecule has 0 fully saturated rings. The Morgan fingerprint density at radius 1 is 1.35 bits per heavy atom. The van der Waals surface area contributed by atoms with Crippen LogP contribution in [-0.4, -0.2) is 23.0 Å². The molecular weight excluding hydrogens is 303 g/mol. The maximum atomic E-state index is 11.8. The van der Waals surface area contributed by atoms with Crippen LogP contribution in [0.15, 0.2) is 18.2 Å². The average Bonchev–Trinajstić information content (AvgIpc) is 2.38. The number of hydrogen-bond donors (Lipinski definition) is 3. The number of carboxylic acids is 1. The lowest BCUT2D eigenvalue weighted by Crippen LogP contribution is -2.41. The third-order valence-corrected chi connectivity index (χ3v) is 3.55. The first-order valence-corrected chi connectivity index (χ1v) is 6.79. The fourth-order valence-corrected chi connectivity index (χ4v) is 1.90. The van der Waals surface area contributed by atoms with Gasteiger partial charge in [-0.15, -0.1) is 0 Å². The molecule has 1 aromatic rings. The number of hydrogen-bond acceptors (Lipinski definition) is 3. The van der Waals surface area contributed by atoms with Gasteiger partial charge in [-0.2, -0.15) is 0 Å². The Balaban J connectivity index is 2.60. The molecule has 1 amide bonds. The topological polar surface area (TPSA) is 92.4 Å². The van der Waals surface area contributed by atoms with Gasteiger partial charge in [0.05, 0.1) is 22.1 Å². The average molecular weight is 319 g/mol. The minimum atomic E-state index is -0.981. The van der Waals surface area contributed by atoms with Crippen LogP contribution in [0.25, 0.3) is 0 Å². The highest BCUT2D eigenvalue weighted by molar-refractivity contribution is 6.42. The van der Waals surface area contributed by atoms with Crippen molar-refractivity contribution in [1.82, 2.24) is 5.32 Å². The van der Waals surface area contributed by atoms with E-state index in [-0.39, 0.29) is 18.9 Å². The van der Waals surface area contributed by atoms with Crippen LogP contribution in [0.2, 0.25) is 10.0 Å². The van der Waals surface area contributed by atoms with E-state index in [1.807, 2.05) is 0 Å². The largest absolute Gasteiger partial charge is 0.481 e. The van der Waals surface area contributed by atoms with E-state index < -0.39 is 17.9 Å². The van der Waals surface area contributed by atoms with Crippen LogP contribution >= 0.6 is 23.2 Å². The second kappa shape index (κ2) is 7.47. The Morgan fingerprint density at radius 2 is 2.00 bits per heavy atom. The molecule has 0 aliphatic heterocycles. The zero-order valence-electron chi connectivity index (χ0n) is 10.9. The van der Waals surface area contributed by atoms with Crippen molar-refractivity contribution in [2.45, 2.75) is 31.8 Å². The maximum absolute atomic E-state index is 11.8. The van der Waals surface area contributed by atoms with Crippen LogP contribution in [0, 0.1) is 0 Å². The molecule has 0 saturated carbocycles. The maximum Gasteiger partial charge on any atom is 0.303 e. The van der Waals surface area contributed by atoms with E-state index in [2.05, 4.69) is 5.32 Å². The zero-order chi connectivity index (χ0) is 15.3. The second-order valence-electron chi connectivity index (χ2n) is 4.44. The molecule has 7 heteroatoms. The predicted octanol–water partition coefficient (Wildman–Crippen LogP) is 2.36. The van der Waals surface area contributed by atoms with Gasteiger partial charge in [-0.25, -0.2) is 0 Å². The molecule has 1 aromatic carbocycles. The standard InChI is InChI=1S/C13H16Cl2N2O3/c1-7(8-2-3-9(14)10(15)6-8)17-13(20)11(16)4-5-12(18)19/h2-3,6-7,11H,4-5,16H2,1H3,(H,17,20)(H,18,19). The summed E-state index contributed by atoms with van der Waals surface area (Å²) < 4.78 is 0. The summed E-state index contributed by atoms with van der Waals surface area (Å²) in [7, 11) is 0. The van der Waals surface area contributed by atoms with E-state index >= 15 is 0 Å². The van der Waals surface area contributed by atoms with Gasteiger partial charge in [0.2, 0.25) is 5.91 Å². The number of carbonyl (C=O) groups excluding carboxylic acids is 1. The SMILES string of the molecule is CC(NC(=O)C(N)CCC(=O)O)c1ccc(Cl)c(Cl)c1. The van der Waals surface area contributed by atoms with Crippen LogP contribution in [-0.2, 0) is 9.59 Å². The molecule has 110 valence electrons. The fraction of sp³-hybridized carbons (Fsp3) is 0.385. The van der Waals surface area contributed by atoms with Gasteiger partial charge in [-0.05, 0) is 31.0 Å². The Hall–Kier alpha value is -1.30. The highest BCUT2D eigenvalue weighted by Crippen LogP contribution is 2.25. The third-order valence-electron chi connectivity index (χ3n) is 2.81. The lowest BCUT2D eigenvalue weighted by atomic mass is 10.1. The smallest absolute Gasteiger partial charge is 0.303 e. The van der Waals surface area contributed by atoms with Crippen LogP contribution in [0.3, 0.4) is 0 Å². The van der Waals surface area contributed by atoms with Crippen molar-refractivity contribution < 1.29 is 14.7 Å². The summed E-state index contributed by atoms with van der Waals surface area (Å²) in [4.78, 5) is 22.2. The van der Waals surface area contributed by atoms with E-state index in [1.54, 1.807) is 25.1 Å². The van der Waals surface area contributed by atoms with Crippen molar-refractivity contribution in [2.24, 2.45) is 5.73 Å². The predicted molar refractivity (Wildman–Crippen MR) is 77.9 cm³/mol. The molecule has 2 unspecified atom stereocenters. The molecule has 0 saturated heterocycles. The summed E-state index contributed by atoms with van der Waals surface area (Å²) in [5.41, 5.74) is 6.41. The van der Waals surface area contributed by atoms with Crippen molar-refractivity contribution >= 4 is 35.1 Å². The molecule has 5 nitrogen and oxygen atoms in total.